The molecule has 0 radical (unpaired) electrons. The molecule has 2 fully saturated rings. The van der Waals surface area contributed by atoms with Crippen LogP contribution in [0.25, 0.3) is 10.8 Å². The lowest BCUT2D eigenvalue weighted by Gasteiger charge is -2.30. The minimum Gasteiger partial charge on any atom is -0.370 e. The summed E-state index contributed by atoms with van der Waals surface area (Å²) in [5.41, 5.74) is 1.66. The van der Waals surface area contributed by atoms with Crippen LogP contribution in [0.3, 0.4) is 0 Å². The lowest BCUT2D eigenvalue weighted by atomic mass is 9.71. The van der Waals surface area contributed by atoms with Gasteiger partial charge in [0.25, 0.3) is 5.69 Å². The van der Waals surface area contributed by atoms with Crippen molar-refractivity contribution in [3.8, 4) is 0 Å². The highest BCUT2D eigenvalue weighted by atomic mass is 16.6. The Bertz CT molecular complexity index is 790. The highest BCUT2D eigenvalue weighted by molar-refractivity contribution is 5.99. The van der Waals surface area contributed by atoms with Crippen LogP contribution in [0.2, 0.25) is 0 Å². The van der Waals surface area contributed by atoms with Crippen LogP contribution in [0.5, 0.6) is 0 Å². The molecule has 0 amide bonds. The van der Waals surface area contributed by atoms with E-state index in [1.807, 2.05) is 12.1 Å². The van der Waals surface area contributed by atoms with E-state index in [1.54, 1.807) is 18.5 Å². The maximum absolute atomic E-state index is 11.3. The molecule has 2 saturated heterocycles. The minimum atomic E-state index is -0.334. The van der Waals surface area contributed by atoms with Gasteiger partial charge < -0.3 is 10.2 Å². The van der Waals surface area contributed by atoms with Crippen LogP contribution in [0.15, 0.2) is 30.6 Å². The topological polar surface area (TPSA) is 71.3 Å². The van der Waals surface area contributed by atoms with E-state index < -0.39 is 0 Å². The summed E-state index contributed by atoms with van der Waals surface area (Å²) in [7, 11) is 0. The molecule has 0 spiro atoms. The molecule has 0 aliphatic carbocycles. The van der Waals surface area contributed by atoms with Gasteiger partial charge in [0.05, 0.1) is 10.3 Å². The second kappa shape index (κ2) is 4.64. The number of aromatic nitrogens is 1. The van der Waals surface area contributed by atoms with E-state index in [2.05, 4.69) is 29.0 Å². The van der Waals surface area contributed by atoms with Gasteiger partial charge in [0, 0.05) is 66.5 Å². The fourth-order valence-corrected chi connectivity index (χ4v) is 4.20. The summed E-state index contributed by atoms with van der Waals surface area (Å²) in [6.07, 6.45) is 3.30. The van der Waals surface area contributed by atoms with Gasteiger partial charge in [-0.25, -0.2) is 0 Å². The second-order valence-corrected chi connectivity index (χ2v) is 7.36. The van der Waals surface area contributed by atoms with Crippen molar-refractivity contribution in [3.05, 3.63) is 40.7 Å². The van der Waals surface area contributed by atoms with Gasteiger partial charge in [0.15, 0.2) is 0 Å². The Hall–Kier alpha value is -2.21. The summed E-state index contributed by atoms with van der Waals surface area (Å²) < 4.78 is 0. The lowest BCUT2D eigenvalue weighted by molar-refractivity contribution is -0.383. The summed E-state index contributed by atoms with van der Waals surface area (Å²) in [6, 6.07) is 5.38. The average Bonchev–Trinajstić information content (AvgIpc) is 2.93. The van der Waals surface area contributed by atoms with Gasteiger partial charge in [0.2, 0.25) is 0 Å². The van der Waals surface area contributed by atoms with Gasteiger partial charge in [-0.2, -0.15) is 0 Å². The number of benzene rings is 1. The predicted octanol–water partition coefficient (Wildman–Crippen LogP) is 2.58. The molecule has 0 unspecified atom stereocenters. The smallest absolute Gasteiger partial charge is 0.278 e. The van der Waals surface area contributed by atoms with Crippen LogP contribution in [-0.2, 0) is 0 Å². The third-order valence-corrected chi connectivity index (χ3v) is 5.88. The molecule has 0 bridgehead atoms. The molecule has 1 aromatic heterocycles. The standard InChI is InChI=1S/C17H20N4O2/c1-16-8-19-9-17(16,2)11-20(10-16)14-3-4-15(21(22)23)13-7-18-6-5-12(13)14/h3-7,19H,8-11H2,1-2H3/t16-,17+. The zero-order valence-electron chi connectivity index (χ0n) is 13.4. The molecule has 6 heteroatoms. The van der Waals surface area contributed by atoms with Crippen LogP contribution in [0, 0.1) is 20.9 Å². The number of pyridine rings is 1. The highest BCUT2D eigenvalue weighted by Crippen LogP contribution is 2.50. The molecule has 6 nitrogen and oxygen atoms in total. The Kier molecular flexibility index (Phi) is 2.90. The highest BCUT2D eigenvalue weighted by Gasteiger charge is 2.55. The van der Waals surface area contributed by atoms with Gasteiger partial charge in [-0.15, -0.1) is 0 Å². The molecule has 23 heavy (non-hydrogen) atoms. The Morgan fingerprint density at radius 1 is 1.17 bits per heavy atom. The number of nitro benzene ring substituents is 1. The summed E-state index contributed by atoms with van der Waals surface area (Å²) in [5.74, 6) is 0. The maximum atomic E-state index is 11.3. The molecule has 0 saturated carbocycles. The molecule has 1 aromatic carbocycles. The Morgan fingerprint density at radius 2 is 1.87 bits per heavy atom. The molecular weight excluding hydrogens is 292 g/mol. The summed E-state index contributed by atoms with van der Waals surface area (Å²) >= 11 is 0. The molecule has 2 aliphatic rings. The van der Waals surface area contributed by atoms with E-state index in [9.17, 15) is 10.1 Å². The first-order chi connectivity index (χ1) is 10.9. The van der Waals surface area contributed by atoms with E-state index in [0.717, 1.165) is 37.3 Å². The third kappa shape index (κ3) is 1.94. The normalized spacial score (nSPS) is 29.9. The van der Waals surface area contributed by atoms with E-state index in [0.29, 0.717) is 5.39 Å². The number of rotatable bonds is 2. The van der Waals surface area contributed by atoms with Crippen LogP contribution >= 0.6 is 0 Å². The van der Waals surface area contributed by atoms with Crippen LogP contribution < -0.4 is 10.2 Å². The molecule has 2 aliphatic heterocycles. The molecule has 4 rings (SSSR count). The van der Waals surface area contributed by atoms with Crippen LogP contribution in [-0.4, -0.2) is 36.1 Å². The number of non-ortho nitro benzene ring substituents is 1. The molecular formula is C17H20N4O2. The maximum Gasteiger partial charge on any atom is 0.278 e. The SMILES string of the molecule is C[C@@]12CNC[C@]1(C)CN(c1ccc([N+](=O)[O-])c3cnccc13)C2. The average molecular weight is 312 g/mol. The molecule has 3 heterocycles. The zero-order chi connectivity index (χ0) is 16.2. The molecule has 120 valence electrons. The number of fused-ring (bicyclic) bond motifs is 2. The van der Waals surface area contributed by atoms with E-state index in [-0.39, 0.29) is 21.4 Å². The van der Waals surface area contributed by atoms with Crippen molar-refractivity contribution in [2.75, 3.05) is 31.1 Å². The Labute approximate surface area is 134 Å². The van der Waals surface area contributed by atoms with Gasteiger partial charge in [0.1, 0.15) is 0 Å². The third-order valence-electron chi connectivity index (χ3n) is 5.88. The number of hydrogen-bond acceptors (Lipinski definition) is 5. The fraction of sp³-hybridized carbons (Fsp3) is 0.471. The Morgan fingerprint density at radius 3 is 2.52 bits per heavy atom. The van der Waals surface area contributed by atoms with Crippen molar-refractivity contribution in [2.24, 2.45) is 10.8 Å². The van der Waals surface area contributed by atoms with E-state index in [1.165, 1.54) is 0 Å². The van der Waals surface area contributed by atoms with Crippen molar-refractivity contribution >= 4 is 22.1 Å². The number of nitrogens with zero attached hydrogens (tertiary/aromatic N) is 3. The Balaban J connectivity index is 1.82. The summed E-state index contributed by atoms with van der Waals surface area (Å²) in [5, 5.41) is 16.3. The number of nitrogens with one attached hydrogen (secondary N) is 1. The number of anilines is 1. The van der Waals surface area contributed by atoms with Crippen molar-refractivity contribution in [2.45, 2.75) is 13.8 Å². The molecule has 2 aromatic rings. The van der Waals surface area contributed by atoms with E-state index in [4.69, 9.17) is 0 Å². The van der Waals surface area contributed by atoms with Gasteiger partial charge in [-0.1, -0.05) is 13.8 Å². The van der Waals surface area contributed by atoms with Crippen LogP contribution in [0.1, 0.15) is 13.8 Å². The predicted molar refractivity (Wildman–Crippen MR) is 89.7 cm³/mol. The zero-order valence-corrected chi connectivity index (χ0v) is 13.4. The summed E-state index contributed by atoms with van der Waals surface area (Å²) in [4.78, 5) is 17.4. The quantitative estimate of drug-likeness (QED) is 0.681. The number of nitro groups is 1. The van der Waals surface area contributed by atoms with E-state index >= 15 is 0 Å². The first-order valence-corrected chi connectivity index (χ1v) is 7.90. The van der Waals surface area contributed by atoms with Gasteiger partial charge in [-0.05, 0) is 12.1 Å². The number of hydrogen-bond donors (Lipinski definition) is 1. The molecule has 1 N–H and O–H groups in total. The minimum absolute atomic E-state index is 0.121. The van der Waals surface area contributed by atoms with Crippen molar-refractivity contribution in [1.82, 2.24) is 10.3 Å². The van der Waals surface area contributed by atoms with Crippen LogP contribution in [0.4, 0.5) is 11.4 Å². The van der Waals surface area contributed by atoms with Crippen molar-refractivity contribution in [3.63, 3.8) is 0 Å². The monoisotopic (exact) mass is 312 g/mol. The van der Waals surface area contributed by atoms with Gasteiger partial charge in [-0.3, -0.25) is 15.1 Å². The lowest BCUT2D eigenvalue weighted by Crippen LogP contribution is -2.34. The first-order valence-electron chi connectivity index (χ1n) is 7.90. The van der Waals surface area contributed by atoms with Gasteiger partial charge >= 0.3 is 0 Å². The molecule has 2 atom stereocenters. The first kappa shape index (κ1) is 14.4. The largest absolute Gasteiger partial charge is 0.370 e. The fourth-order valence-electron chi connectivity index (χ4n) is 4.20. The van der Waals surface area contributed by atoms with Crippen molar-refractivity contribution in [1.29, 1.82) is 0 Å². The summed E-state index contributed by atoms with van der Waals surface area (Å²) in [6.45, 7) is 8.64. The second-order valence-electron chi connectivity index (χ2n) is 7.36. The van der Waals surface area contributed by atoms with Crippen molar-refractivity contribution < 1.29 is 4.92 Å².